The molecule has 0 bridgehead atoms. The Morgan fingerprint density at radius 1 is 1.40 bits per heavy atom. The molecule has 0 aromatic heterocycles. The van der Waals surface area contributed by atoms with Gasteiger partial charge in [-0.05, 0) is 30.9 Å². The highest BCUT2D eigenvalue weighted by Crippen LogP contribution is 2.30. The van der Waals surface area contributed by atoms with Gasteiger partial charge in [0.2, 0.25) is 10.0 Å². The van der Waals surface area contributed by atoms with E-state index in [1.54, 1.807) is 10.4 Å². The summed E-state index contributed by atoms with van der Waals surface area (Å²) in [6, 6.07) is 4.60. The summed E-state index contributed by atoms with van der Waals surface area (Å²) in [5.74, 6) is 0.895. The summed E-state index contributed by atoms with van der Waals surface area (Å²) in [4.78, 5) is 0.240. The maximum atomic E-state index is 12.6. The lowest BCUT2D eigenvalue weighted by Crippen LogP contribution is -2.37. The van der Waals surface area contributed by atoms with Crippen molar-refractivity contribution < 1.29 is 13.2 Å². The lowest BCUT2D eigenvalue weighted by atomic mass is 9.85. The molecule has 1 saturated carbocycles. The molecular weight excluding hydrogens is 276 g/mol. The summed E-state index contributed by atoms with van der Waals surface area (Å²) in [6.45, 7) is 2.95. The molecule has 20 heavy (non-hydrogen) atoms. The van der Waals surface area contributed by atoms with Crippen LogP contribution in [-0.4, -0.2) is 32.9 Å². The highest BCUT2D eigenvalue weighted by molar-refractivity contribution is 7.89. The van der Waals surface area contributed by atoms with Gasteiger partial charge < -0.3 is 10.5 Å². The van der Waals surface area contributed by atoms with Crippen molar-refractivity contribution in [2.24, 2.45) is 5.92 Å². The number of ether oxygens (including phenoxy) is 1. The average molecular weight is 298 g/mol. The molecule has 0 amide bonds. The molecule has 1 aliphatic rings. The van der Waals surface area contributed by atoms with Gasteiger partial charge in [0, 0.05) is 19.2 Å². The lowest BCUT2D eigenvalue weighted by molar-refractivity contribution is 0.250. The molecular formula is C14H22N2O3S. The number of nitrogens with zero attached hydrogens (tertiary/aromatic N) is 1. The van der Waals surface area contributed by atoms with Crippen LogP contribution in [0.25, 0.3) is 0 Å². The summed E-state index contributed by atoms with van der Waals surface area (Å²) in [5.41, 5.74) is 6.17. The van der Waals surface area contributed by atoms with E-state index in [0.717, 1.165) is 12.8 Å². The maximum Gasteiger partial charge on any atom is 0.243 e. The SMILES string of the molecule is CCN(CC1CCC1)S(=O)(=O)c1ccc(N)c(OC)c1. The van der Waals surface area contributed by atoms with Crippen molar-refractivity contribution in [1.29, 1.82) is 0 Å². The zero-order valence-electron chi connectivity index (χ0n) is 12.0. The first-order chi connectivity index (χ1) is 9.48. The van der Waals surface area contributed by atoms with E-state index in [1.807, 2.05) is 6.92 Å². The smallest absolute Gasteiger partial charge is 0.243 e. The predicted molar refractivity (Wildman–Crippen MR) is 79.2 cm³/mol. The second-order valence-corrected chi connectivity index (χ2v) is 7.09. The molecule has 2 rings (SSSR count). The normalized spacial score (nSPS) is 16.1. The summed E-state index contributed by atoms with van der Waals surface area (Å²) in [5, 5.41) is 0. The molecule has 0 unspecified atom stereocenters. The van der Waals surface area contributed by atoms with E-state index >= 15 is 0 Å². The fourth-order valence-corrected chi connectivity index (χ4v) is 3.90. The second-order valence-electron chi connectivity index (χ2n) is 5.16. The minimum Gasteiger partial charge on any atom is -0.495 e. The molecule has 0 aliphatic heterocycles. The molecule has 5 nitrogen and oxygen atoms in total. The average Bonchev–Trinajstić information content (AvgIpc) is 2.37. The van der Waals surface area contributed by atoms with Crippen LogP contribution in [0.1, 0.15) is 26.2 Å². The first-order valence-electron chi connectivity index (χ1n) is 6.92. The third kappa shape index (κ3) is 2.91. The molecule has 1 fully saturated rings. The molecule has 0 atom stereocenters. The Balaban J connectivity index is 2.27. The molecule has 1 aromatic carbocycles. The Morgan fingerprint density at radius 2 is 2.10 bits per heavy atom. The first kappa shape index (κ1) is 15.1. The van der Waals surface area contributed by atoms with Crippen LogP contribution in [0.2, 0.25) is 0 Å². The van der Waals surface area contributed by atoms with Gasteiger partial charge in [0.25, 0.3) is 0 Å². The first-order valence-corrected chi connectivity index (χ1v) is 8.36. The van der Waals surface area contributed by atoms with E-state index < -0.39 is 10.0 Å². The number of methoxy groups -OCH3 is 1. The van der Waals surface area contributed by atoms with E-state index in [1.165, 1.54) is 25.7 Å². The molecule has 2 N–H and O–H groups in total. The zero-order valence-corrected chi connectivity index (χ0v) is 12.8. The third-order valence-corrected chi connectivity index (χ3v) is 5.82. The van der Waals surface area contributed by atoms with Crippen LogP contribution in [0.4, 0.5) is 5.69 Å². The summed E-state index contributed by atoms with van der Waals surface area (Å²) in [6.07, 6.45) is 3.45. The van der Waals surface area contributed by atoms with Crippen LogP contribution in [0.5, 0.6) is 5.75 Å². The lowest BCUT2D eigenvalue weighted by Gasteiger charge is -2.31. The Hall–Kier alpha value is -1.27. The Bertz CT molecular complexity index is 568. The van der Waals surface area contributed by atoms with Gasteiger partial charge in [0.05, 0.1) is 17.7 Å². The molecule has 0 saturated heterocycles. The van der Waals surface area contributed by atoms with Gasteiger partial charge in [0.1, 0.15) is 5.75 Å². The van der Waals surface area contributed by atoms with E-state index in [9.17, 15) is 8.42 Å². The molecule has 1 aromatic rings. The standard InChI is InChI=1S/C14H22N2O3S/c1-3-16(10-11-5-4-6-11)20(17,18)12-7-8-13(15)14(9-12)19-2/h7-9,11H,3-6,10,15H2,1-2H3. The monoisotopic (exact) mass is 298 g/mol. The number of rotatable bonds is 6. The minimum absolute atomic E-state index is 0.240. The van der Waals surface area contributed by atoms with Gasteiger partial charge in [-0.25, -0.2) is 8.42 Å². The second kappa shape index (κ2) is 6.01. The Morgan fingerprint density at radius 3 is 2.60 bits per heavy atom. The maximum absolute atomic E-state index is 12.6. The topological polar surface area (TPSA) is 72.6 Å². The van der Waals surface area contributed by atoms with Crippen LogP contribution in [0.15, 0.2) is 23.1 Å². The Labute approximate surface area is 120 Å². The van der Waals surface area contributed by atoms with Crippen LogP contribution >= 0.6 is 0 Å². The van der Waals surface area contributed by atoms with Gasteiger partial charge in [0.15, 0.2) is 0 Å². The van der Waals surface area contributed by atoms with Crippen molar-refractivity contribution in [3.8, 4) is 5.75 Å². The molecule has 0 heterocycles. The molecule has 1 aliphatic carbocycles. The molecule has 0 radical (unpaired) electrons. The highest BCUT2D eigenvalue weighted by Gasteiger charge is 2.28. The van der Waals surface area contributed by atoms with E-state index in [4.69, 9.17) is 10.5 Å². The predicted octanol–water partition coefficient (Wildman–Crippen LogP) is 2.09. The Kier molecular flexibility index (Phi) is 4.55. The highest BCUT2D eigenvalue weighted by atomic mass is 32.2. The summed E-state index contributed by atoms with van der Waals surface area (Å²) < 4.78 is 31.9. The number of hydrogen-bond acceptors (Lipinski definition) is 4. The van der Waals surface area contributed by atoms with E-state index in [-0.39, 0.29) is 4.90 Å². The van der Waals surface area contributed by atoms with Crippen molar-refractivity contribution in [3.63, 3.8) is 0 Å². The molecule has 112 valence electrons. The minimum atomic E-state index is -3.47. The van der Waals surface area contributed by atoms with Crippen LogP contribution in [0, 0.1) is 5.92 Å². The van der Waals surface area contributed by atoms with E-state index in [0.29, 0.717) is 30.4 Å². The number of nitrogen functional groups attached to an aromatic ring is 1. The van der Waals surface area contributed by atoms with E-state index in [2.05, 4.69) is 0 Å². The molecule has 0 spiro atoms. The number of nitrogens with two attached hydrogens (primary N) is 1. The molecule has 6 heteroatoms. The van der Waals surface area contributed by atoms with Crippen LogP contribution in [-0.2, 0) is 10.0 Å². The number of anilines is 1. The third-order valence-electron chi connectivity index (χ3n) is 3.88. The fraction of sp³-hybridized carbons (Fsp3) is 0.571. The van der Waals surface area contributed by atoms with Crippen molar-refractivity contribution in [2.75, 3.05) is 25.9 Å². The number of sulfonamides is 1. The summed E-state index contributed by atoms with van der Waals surface area (Å²) in [7, 11) is -1.99. The zero-order chi connectivity index (χ0) is 14.8. The van der Waals surface area contributed by atoms with Crippen molar-refractivity contribution in [2.45, 2.75) is 31.1 Å². The van der Waals surface area contributed by atoms with Gasteiger partial charge >= 0.3 is 0 Å². The van der Waals surface area contributed by atoms with Gasteiger partial charge in [-0.1, -0.05) is 13.3 Å². The number of benzene rings is 1. The number of hydrogen-bond donors (Lipinski definition) is 1. The van der Waals surface area contributed by atoms with Crippen molar-refractivity contribution in [3.05, 3.63) is 18.2 Å². The summed E-state index contributed by atoms with van der Waals surface area (Å²) >= 11 is 0. The van der Waals surface area contributed by atoms with Gasteiger partial charge in [-0.3, -0.25) is 0 Å². The fourth-order valence-electron chi connectivity index (χ4n) is 2.36. The van der Waals surface area contributed by atoms with Gasteiger partial charge in [-0.2, -0.15) is 4.31 Å². The van der Waals surface area contributed by atoms with Crippen molar-refractivity contribution >= 4 is 15.7 Å². The largest absolute Gasteiger partial charge is 0.495 e. The van der Waals surface area contributed by atoms with Crippen LogP contribution in [0.3, 0.4) is 0 Å². The van der Waals surface area contributed by atoms with Crippen molar-refractivity contribution in [1.82, 2.24) is 4.31 Å². The quantitative estimate of drug-likeness (QED) is 0.816. The van der Waals surface area contributed by atoms with Gasteiger partial charge in [-0.15, -0.1) is 0 Å². The van der Waals surface area contributed by atoms with Crippen LogP contribution < -0.4 is 10.5 Å².